The van der Waals surface area contributed by atoms with Gasteiger partial charge in [0, 0.05) is 12.5 Å². The minimum Gasteiger partial charge on any atom is -0.497 e. The van der Waals surface area contributed by atoms with E-state index in [1.54, 1.807) is 7.11 Å². The van der Waals surface area contributed by atoms with Gasteiger partial charge in [-0.2, -0.15) is 0 Å². The third-order valence-electron chi connectivity index (χ3n) is 4.33. The summed E-state index contributed by atoms with van der Waals surface area (Å²) in [5.74, 6) is -0.299. The van der Waals surface area contributed by atoms with Gasteiger partial charge < -0.3 is 19.5 Å². The summed E-state index contributed by atoms with van der Waals surface area (Å²) in [6, 6.07) is 6.82. The largest absolute Gasteiger partial charge is 0.497 e. The van der Waals surface area contributed by atoms with Gasteiger partial charge in [0.05, 0.1) is 20.3 Å². The first kappa shape index (κ1) is 14.8. The highest BCUT2D eigenvalue weighted by atomic mass is 16.5. The fourth-order valence-corrected chi connectivity index (χ4v) is 2.99. The Morgan fingerprint density at radius 1 is 1.41 bits per heavy atom. The Kier molecular flexibility index (Phi) is 4.02. The monoisotopic (exact) mass is 305 g/mol. The Morgan fingerprint density at radius 2 is 2.23 bits per heavy atom. The van der Waals surface area contributed by atoms with Crippen LogP contribution in [0.5, 0.6) is 5.75 Å². The summed E-state index contributed by atoms with van der Waals surface area (Å²) in [5.41, 5.74) is 1.07. The van der Waals surface area contributed by atoms with E-state index >= 15 is 0 Å². The van der Waals surface area contributed by atoms with Crippen LogP contribution >= 0.6 is 0 Å². The highest BCUT2D eigenvalue weighted by Crippen LogP contribution is 2.49. The maximum atomic E-state index is 12.6. The zero-order valence-electron chi connectivity index (χ0n) is 12.4. The molecule has 1 saturated carbocycles. The van der Waals surface area contributed by atoms with Crippen molar-refractivity contribution in [3.63, 3.8) is 0 Å². The molecule has 3 rings (SSSR count). The number of morpholine rings is 1. The highest BCUT2D eigenvalue weighted by molar-refractivity contribution is 5.88. The first-order valence-electron chi connectivity index (χ1n) is 7.37. The van der Waals surface area contributed by atoms with Crippen molar-refractivity contribution in [2.45, 2.75) is 18.4 Å². The average molecular weight is 305 g/mol. The van der Waals surface area contributed by atoms with Gasteiger partial charge in [0.15, 0.2) is 6.04 Å². The predicted octanol–water partition coefficient (Wildman–Crippen LogP) is 1.11. The number of carbonyl (C=O) groups is 2. The zero-order valence-corrected chi connectivity index (χ0v) is 12.4. The van der Waals surface area contributed by atoms with Crippen LogP contribution in [0.25, 0.3) is 0 Å². The van der Waals surface area contributed by atoms with Crippen LogP contribution in [0, 0.1) is 5.92 Å². The lowest BCUT2D eigenvalue weighted by Gasteiger charge is -2.33. The van der Waals surface area contributed by atoms with Gasteiger partial charge in [-0.05, 0) is 30.0 Å². The third-order valence-corrected chi connectivity index (χ3v) is 4.33. The van der Waals surface area contributed by atoms with Crippen LogP contribution in [0.4, 0.5) is 0 Å². The van der Waals surface area contributed by atoms with E-state index < -0.39 is 12.0 Å². The van der Waals surface area contributed by atoms with Crippen LogP contribution in [-0.4, -0.2) is 54.8 Å². The molecule has 2 fully saturated rings. The number of benzene rings is 1. The molecule has 1 amide bonds. The molecule has 22 heavy (non-hydrogen) atoms. The van der Waals surface area contributed by atoms with Crippen molar-refractivity contribution in [1.82, 2.24) is 4.90 Å². The zero-order chi connectivity index (χ0) is 15.7. The van der Waals surface area contributed by atoms with Crippen molar-refractivity contribution in [1.29, 1.82) is 0 Å². The lowest BCUT2D eigenvalue weighted by Crippen LogP contribution is -2.53. The molecule has 6 nitrogen and oxygen atoms in total. The smallest absolute Gasteiger partial charge is 0.328 e. The van der Waals surface area contributed by atoms with Gasteiger partial charge in [-0.15, -0.1) is 0 Å². The van der Waals surface area contributed by atoms with Crippen molar-refractivity contribution >= 4 is 11.9 Å². The molecule has 1 N–H and O–H groups in total. The molecule has 1 heterocycles. The van der Waals surface area contributed by atoms with Gasteiger partial charge in [-0.3, -0.25) is 4.79 Å². The van der Waals surface area contributed by atoms with E-state index in [1.165, 1.54) is 4.90 Å². The molecule has 0 bridgehead atoms. The number of ether oxygens (including phenoxy) is 2. The number of aliphatic carboxylic acids is 1. The summed E-state index contributed by atoms with van der Waals surface area (Å²) in [6.07, 6.45) is 0.760. The lowest BCUT2D eigenvalue weighted by atomic mass is 10.1. The molecule has 1 aromatic rings. The van der Waals surface area contributed by atoms with Gasteiger partial charge >= 0.3 is 5.97 Å². The first-order chi connectivity index (χ1) is 10.6. The number of carboxylic acids is 1. The molecule has 0 spiro atoms. The summed E-state index contributed by atoms with van der Waals surface area (Å²) in [6.45, 7) is 0.806. The number of nitrogens with zero attached hydrogens (tertiary/aromatic N) is 1. The third kappa shape index (κ3) is 2.78. The summed E-state index contributed by atoms with van der Waals surface area (Å²) < 4.78 is 10.4. The molecule has 6 heteroatoms. The Balaban J connectivity index is 1.70. The number of carboxylic acid groups (broad SMARTS) is 1. The van der Waals surface area contributed by atoms with Crippen LogP contribution in [-0.2, 0) is 14.3 Å². The summed E-state index contributed by atoms with van der Waals surface area (Å²) in [7, 11) is 1.61. The maximum Gasteiger partial charge on any atom is 0.328 e. The van der Waals surface area contributed by atoms with E-state index in [2.05, 4.69) is 0 Å². The number of hydrogen-bond acceptors (Lipinski definition) is 4. The summed E-state index contributed by atoms with van der Waals surface area (Å²) in [4.78, 5) is 25.3. The Bertz CT molecular complexity index is 588. The minimum absolute atomic E-state index is 0.0671. The highest BCUT2D eigenvalue weighted by Gasteiger charge is 2.48. The number of amides is 1. The number of rotatable bonds is 4. The molecule has 1 saturated heterocycles. The SMILES string of the molecule is COc1cccc([C@@H]2C[C@@H]2C(=O)N2CCOC[C@@H]2C(=O)O)c1. The predicted molar refractivity (Wildman–Crippen MR) is 77.8 cm³/mol. The van der Waals surface area contributed by atoms with Crippen LogP contribution in [0.1, 0.15) is 17.9 Å². The molecule has 118 valence electrons. The van der Waals surface area contributed by atoms with Crippen molar-refractivity contribution in [3.8, 4) is 5.75 Å². The average Bonchev–Trinajstić information content (AvgIpc) is 3.35. The molecule has 3 atom stereocenters. The van der Waals surface area contributed by atoms with Crippen molar-refractivity contribution < 1.29 is 24.2 Å². The fourth-order valence-electron chi connectivity index (χ4n) is 2.99. The van der Waals surface area contributed by atoms with Crippen molar-refractivity contribution in [2.75, 3.05) is 26.9 Å². The normalized spacial score (nSPS) is 27.3. The van der Waals surface area contributed by atoms with Crippen molar-refractivity contribution in [3.05, 3.63) is 29.8 Å². The Morgan fingerprint density at radius 3 is 2.95 bits per heavy atom. The van der Waals surface area contributed by atoms with Crippen molar-refractivity contribution in [2.24, 2.45) is 5.92 Å². The van der Waals surface area contributed by atoms with E-state index in [4.69, 9.17) is 9.47 Å². The minimum atomic E-state index is -1.01. The molecular formula is C16H19NO5. The number of carbonyl (C=O) groups excluding carboxylic acids is 1. The summed E-state index contributed by atoms with van der Waals surface area (Å²) >= 11 is 0. The van der Waals surface area contributed by atoms with Crippen LogP contribution < -0.4 is 4.74 Å². The number of hydrogen-bond donors (Lipinski definition) is 1. The molecule has 1 aromatic carbocycles. The standard InChI is InChI=1S/C16H19NO5/c1-21-11-4-2-3-10(7-11)12-8-13(12)15(18)17-5-6-22-9-14(17)16(19)20/h2-4,7,12-14H,5-6,8-9H2,1H3,(H,19,20)/t12-,13-,14+/m0/s1. The Hall–Kier alpha value is -2.08. The van der Waals surface area contributed by atoms with Gasteiger partial charge in [0.2, 0.25) is 5.91 Å². The Labute approximate surface area is 128 Å². The lowest BCUT2D eigenvalue weighted by molar-refractivity contribution is -0.158. The summed E-state index contributed by atoms with van der Waals surface area (Å²) in [5, 5.41) is 9.22. The molecule has 2 aliphatic rings. The van der Waals surface area contributed by atoms with E-state index in [1.807, 2.05) is 24.3 Å². The van der Waals surface area contributed by atoms with Gasteiger partial charge in [0.1, 0.15) is 5.75 Å². The first-order valence-corrected chi connectivity index (χ1v) is 7.37. The van der Waals surface area contributed by atoms with Crippen LogP contribution in [0.2, 0.25) is 0 Å². The molecule has 1 aliphatic heterocycles. The molecule has 0 aromatic heterocycles. The molecular weight excluding hydrogens is 286 g/mol. The van der Waals surface area contributed by atoms with Gasteiger partial charge in [-0.25, -0.2) is 4.79 Å². The quantitative estimate of drug-likeness (QED) is 0.902. The topological polar surface area (TPSA) is 76.1 Å². The fraction of sp³-hybridized carbons (Fsp3) is 0.500. The number of methoxy groups -OCH3 is 1. The van der Waals surface area contributed by atoms with Crippen LogP contribution in [0.3, 0.4) is 0 Å². The molecule has 0 radical (unpaired) electrons. The van der Waals surface area contributed by atoms with Crippen LogP contribution in [0.15, 0.2) is 24.3 Å². The maximum absolute atomic E-state index is 12.6. The molecule has 0 unspecified atom stereocenters. The second-order valence-corrected chi connectivity index (χ2v) is 5.69. The second-order valence-electron chi connectivity index (χ2n) is 5.69. The molecule has 1 aliphatic carbocycles. The van der Waals surface area contributed by atoms with E-state index in [9.17, 15) is 14.7 Å². The van der Waals surface area contributed by atoms with E-state index in [-0.39, 0.29) is 24.3 Å². The van der Waals surface area contributed by atoms with E-state index in [0.717, 1.165) is 17.7 Å². The van der Waals surface area contributed by atoms with E-state index in [0.29, 0.717) is 13.2 Å². The van der Waals surface area contributed by atoms with Gasteiger partial charge in [-0.1, -0.05) is 12.1 Å². The second kappa shape index (κ2) is 5.96. The van der Waals surface area contributed by atoms with Gasteiger partial charge in [0.25, 0.3) is 0 Å².